The molecule has 0 aliphatic rings. The van der Waals surface area contributed by atoms with Crippen LogP contribution in [0.4, 0.5) is 0 Å². The molecule has 6 nitrogen and oxygen atoms in total. The molecule has 1 aromatic carbocycles. The number of amides is 1. The molecule has 30 heavy (non-hydrogen) atoms. The lowest BCUT2D eigenvalue weighted by Crippen LogP contribution is -2.41. The Hall–Kier alpha value is -1.92. The smallest absolute Gasteiger partial charge is 0.261 e. The minimum Gasteiger partial charge on any atom is -0.332 e. The molecular formula is C23H35ClN4O2. The standard InChI is InChI=1S/C23H35ClN4O2/c1-6-8-9-10-11-21(29)28(15-14-26(4)5)17(3)22-25-20-16-18(24)12-13-19(20)23(30)27(22)7-2/h12-13,16-17H,6-11,14-15H2,1-5H3. The number of likely N-dealkylation sites (N-methyl/N-ethyl adjacent to an activating group) is 1. The van der Waals surface area contributed by atoms with Crippen molar-refractivity contribution in [3.05, 3.63) is 39.4 Å². The topological polar surface area (TPSA) is 58.4 Å². The summed E-state index contributed by atoms with van der Waals surface area (Å²) >= 11 is 6.14. The Labute approximate surface area is 184 Å². The molecule has 2 aromatic rings. The van der Waals surface area contributed by atoms with Crippen molar-refractivity contribution in [1.82, 2.24) is 19.4 Å². The number of aromatic nitrogens is 2. The maximum atomic E-state index is 13.1. The lowest BCUT2D eigenvalue weighted by Gasteiger charge is -2.31. The van der Waals surface area contributed by atoms with Crippen LogP contribution in [0.15, 0.2) is 23.0 Å². The van der Waals surface area contributed by atoms with Crippen molar-refractivity contribution in [3.63, 3.8) is 0 Å². The summed E-state index contributed by atoms with van der Waals surface area (Å²) in [6.45, 7) is 7.89. The third kappa shape index (κ3) is 6.05. The lowest BCUT2D eigenvalue weighted by molar-refractivity contribution is -0.133. The number of benzene rings is 1. The van der Waals surface area contributed by atoms with Crippen molar-refractivity contribution in [2.75, 3.05) is 27.2 Å². The highest BCUT2D eigenvalue weighted by Gasteiger charge is 2.25. The van der Waals surface area contributed by atoms with Crippen molar-refractivity contribution in [2.24, 2.45) is 0 Å². The van der Waals surface area contributed by atoms with Gasteiger partial charge in [0.25, 0.3) is 5.56 Å². The summed E-state index contributed by atoms with van der Waals surface area (Å²) in [5.74, 6) is 0.724. The molecule has 2 rings (SSSR count). The zero-order valence-corrected chi connectivity index (χ0v) is 19.7. The lowest BCUT2D eigenvalue weighted by atomic mass is 10.1. The number of halogens is 1. The number of rotatable bonds is 11. The summed E-state index contributed by atoms with van der Waals surface area (Å²) in [5.41, 5.74) is 0.478. The first kappa shape index (κ1) is 24.4. The van der Waals surface area contributed by atoms with E-state index in [4.69, 9.17) is 16.6 Å². The van der Waals surface area contributed by atoms with E-state index in [1.165, 1.54) is 0 Å². The van der Waals surface area contributed by atoms with E-state index in [2.05, 4.69) is 11.8 Å². The summed E-state index contributed by atoms with van der Waals surface area (Å²) in [6, 6.07) is 4.83. The van der Waals surface area contributed by atoms with Gasteiger partial charge in [0.15, 0.2) is 0 Å². The van der Waals surface area contributed by atoms with E-state index in [-0.39, 0.29) is 17.5 Å². The van der Waals surface area contributed by atoms with E-state index in [0.717, 1.165) is 32.2 Å². The first-order valence-corrected chi connectivity index (χ1v) is 11.3. The molecule has 1 aromatic heterocycles. The maximum absolute atomic E-state index is 13.1. The quantitative estimate of drug-likeness (QED) is 0.489. The van der Waals surface area contributed by atoms with Gasteiger partial charge in [-0.1, -0.05) is 37.8 Å². The van der Waals surface area contributed by atoms with Gasteiger partial charge in [0.2, 0.25) is 5.91 Å². The van der Waals surface area contributed by atoms with Gasteiger partial charge in [-0.25, -0.2) is 4.98 Å². The molecule has 0 spiro atoms. The average molecular weight is 435 g/mol. The Morgan fingerprint density at radius 1 is 1.17 bits per heavy atom. The first-order valence-electron chi connectivity index (χ1n) is 10.9. The van der Waals surface area contributed by atoms with Gasteiger partial charge in [0.05, 0.1) is 16.9 Å². The molecular weight excluding hydrogens is 400 g/mol. The van der Waals surface area contributed by atoms with Crippen LogP contribution in [0.1, 0.15) is 64.7 Å². The van der Waals surface area contributed by atoms with E-state index >= 15 is 0 Å². The van der Waals surface area contributed by atoms with Crippen LogP contribution in [-0.4, -0.2) is 52.4 Å². The number of hydrogen-bond acceptors (Lipinski definition) is 4. The predicted octanol–water partition coefficient (Wildman–Crippen LogP) is 4.49. The minimum absolute atomic E-state index is 0.0935. The van der Waals surface area contributed by atoms with Crippen LogP contribution in [0, 0.1) is 0 Å². The fourth-order valence-corrected chi connectivity index (χ4v) is 3.83. The maximum Gasteiger partial charge on any atom is 0.261 e. The van der Waals surface area contributed by atoms with Gasteiger partial charge < -0.3 is 9.80 Å². The Balaban J connectivity index is 2.41. The normalized spacial score (nSPS) is 12.5. The highest BCUT2D eigenvalue weighted by molar-refractivity contribution is 6.31. The van der Waals surface area contributed by atoms with E-state index in [9.17, 15) is 9.59 Å². The van der Waals surface area contributed by atoms with Gasteiger partial charge in [-0.15, -0.1) is 0 Å². The van der Waals surface area contributed by atoms with Crippen LogP contribution in [0.25, 0.3) is 10.9 Å². The van der Waals surface area contributed by atoms with Crippen molar-refractivity contribution in [2.45, 2.75) is 65.5 Å². The summed E-state index contributed by atoms with van der Waals surface area (Å²) in [4.78, 5) is 34.9. The Kier molecular flexibility index (Phi) is 9.31. The second-order valence-electron chi connectivity index (χ2n) is 8.06. The fraction of sp³-hybridized carbons (Fsp3) is 0.609. The van der Waals surface area contributed by atoms with Crippen LogP contribution in [-0.2, 0) is 11.3 Å². The second-order valence-corrected chi connectivity index (χ2v) is 8.49. The molecule has 0 saturated heterocycles. The Morgan fingerprint density at radius 2 is 1.90 bits per heavy atom. The van der Waals surface area contributed by atoms with Crippen LogP contribution in [0.5, 0.6) is 0 Å². The molecule has 1 unspecified atom stereocenters. The number of hydrogen-bond donors (Lipinski definition) is 0. The number of carbonyl (C=O) groups is 1. The number of fused-ring (bicyclic) bond motifs is 1. The zero-order valence-electron chi connectivity index (χ0n) is 18.9. The molecule has 0 saturated carbocycles. The molecule has 166 valence electrons. The summed E-state index contributed by atoms with van der Waals surface area (Å²) < 4.78 is 1.67. The third-order valence-electron chi connectivity index (χ3n) is 5.46. The molecule has 0 radical (unpaired) electrons. The van der Waals surface area contributed by atoms with Crippen LogP contribution in [0.3, 0.4) is 0 Å². The molecule has 0 aliphatic heterocycles. The summed E-state index contributed by atoms with van der Waals surface area (Å²) in [6.07, 6.45) is 4.75. The third-order valence-corrected chi connectivity index (χ3v) is 5.69. The fourth-order valence-electron chi connectivity index (χ4n) is 3.66. The molecule has 0 fully saturated rings. The van der Waals surface area contributed by atoms with Gasteiger partial charge >= 0.3 is 0 Å². The first-order chi connectivity index (χ1) is 14.3. The molecule has 0 bridgehead atoms. The molecule has 1 amide bonds. The largest absolute Gasteiger partial charge is 0.332 e. The van der Waals surface area contributed by atoms with Crippen LogP contribution >= 0.6 is 11.6 Å². The molecule has 0 N–H and O–H groups in total. The number of unbranched alkanes of at least 4 members (excludes halogenated alkanes) is 3. The van der Waals surface area contributed by atoms with Gasteiger partial charge in [0, 0.05) is 31.1 Å². The van der Waals surface area contributed by atoms with Crippen molar-refractivity contribution in [1.29, 1.82) is 0 Å². The highest BCUT2D eigenvalue weighted by atomic mass is 35.5. The van der Waals surface area contributed by atoms with Gasteiger partial charge in [-0.05, 0) is 52.6 Å². The van der Waals surface area contributed by atoms with E-state index in [1.807, 2.05) is 32.8 Å². The summed E-state index contributed by atoms with van der Waals surface area (Å²) in [5, 5.41) is 1.08. The van der Waals surface area contributed by atoms with Crippen molar-refractivity contribution < 1.29 is 4.79 Å². The Morgan fingerprint density at radius 3 is 2.53 bits per heavy atom. The monoisotopic (exact) mass is 434 g/mol. The van der Waals surface area contributed by atoms with Gasteiger partial charge in [-0.2, -0.15) is 0 Å². The van der Waals surface area contributed by atoms with E-state index < -0.39 is 0 Å². The highest BCUT2D eigenvalue weighted by Crippen LogP contribution is 2.23. The SMILES string of the molecule is CCCCCCC(=O)N(CCN(C)C)C(C)c1nc2cc(Cl)ccc2c(=O)n1CC. The summed E-state index contributed by atoms with van der Waals surface area (Å²) in [7, 11) is 3.99. The van der Waals surface area contributed by atoms with E-state index in [1.54, 1.807) is 22.8 Å². The van der Waals surface area contributed by atoms with Crippen molar-refractivity contribution in [3.8, 4) is 0 Å². The van der Waals surface area contributed by atoms with Gasteiger partial charge in [0.1, 0.15) is 5.82 Å². The second kappa shape index (κ2) is 11.5. The molecule has 0 aliphatic carbocycles. The molecule has 1 heterocycles. The van der Waals surface area contributed by atoms with Crippen molar-refractivity contribution >= 4 is 28.4 Å². The minimum atomic E-state index is -0.306. The number of nitrogens with zero attached hydrogens (tertiary/aromatic N) is 4. The Bertz CT molecular complexity index is 910. The number of carbonyl (C=O) groups excluding carboxylic acids is 1. The van der Waals surface area contributed by atoms with Crippen LogP contribution < -0.4 is 5.56 Å². The van der Waals surface area contributed by atoms with Gasteiger partial charge in [-0.3, -0.25) is 14.2 Å². The molecule has 7 heteroatoms. The predicted molar refractivity (Wildman–Crippen MR) is 124 cm³/mol. The molecule has 1 atom stereocenters. The zero-order chi connectivity index (χ0) is 22.3. The van der Waals surface area contributed by atoms with Crippen LogP contribution in [0.2, 0.25) is 5.02 Å². The average Bonchev–Trinajstić information content (AvgIpc) is 2.70. The van der Waals surface area contributed by atoms with E-state index in [0.29, 0.717) is 41.3 Å².